The zero-order valence-electron chi connectivity index (χ0n) is 20.6. The van der Waals surface area contributed by atoms with Crippen LogP contribution < -0.4 is 10.1 Å². The summed E-state index contributed by atoms with van der Waals surface area (Å²) in [6, 6.07) is 9.59. The molecule has 1 fully saturated rings. The maximum atomic E-state index is 13.4. The minimum Gasteiger partial charge on any atom is -0.496 e. The Morgan fingerprint density at radius 1 is 1.22 bits per heavy atom. The van der Waals surface area contributed by atoms with Gasteiger partial charge in [-0.2, -0.15) is 0 Å². The molecule has 0 spiro atoms. The summed E-state index contributed by atoms with van der Waals surface area (Å²) in [6.45, 7) is 6.14. The van der Waals surface area contributed by atoms with Crippen molar-refractivity contribution in [2.45, 2.75) is 51.3 Å². The second-order valence-electron chi connectivity index (χ2n) is 8.90. The Labute approximate surface area is 213 Å². The van der Waals surface area contributed by atoms with Gasteiger partial charge in [-0.15, -0.1) is 0 Å². The Bertz CT molecular complexity index is 1160. The average molecular weight is 517 g/mol. The number of nitrogens with one attached hydrogen (secondary N) is 1. The van der Waals surface area contributed by atoms with Crippen LogP contribution in [0.3, 0.4) is 0 Å². The van der Waals surface area contributed by atoms with Gasteiger partial charge in [-0.25, -0.2) is 9.38 Å². The molecule has 9 nitrogen and oxygen atoms in total. The van der Waals surface area contributed by atoms with E-state index in [0.717, 1.165) is 24.6 Å². The molecular weight excluding hydrogens is 487 g/mol. The number of thioether (sulfide) groups is 1. The van der Waals surface area contributed by atoms with E-state index in [1.807, 2.05) is 6.92 Å². The van der Waals surface area contributed by atoms with Gasteiger partial charge in [-0.05, 0) is 62.1 Å². The third-order valence-corrected chi connectivity index (χ3v) is 6.82. The number of carbonyl (C=O) groups excluding carboxylic acids is 2. The lowest BCUT2D eigenvalue weighted by Gasteiger charge is -2.25. The predicted octanol–water partition coefficient (Wildman–Crippen LogP) is 5.53. The van der Waals surface area contributed by atoms with E-state index in [9.17, 15) is 24.1 Å². The van der Waals surface area contributed by atoms with Crippen molar-refractivity contribution < 1.29 is 23.6 Å². The molecule has 192 valence electrons. The van der Waals surface area contributed by atoms with Crippen LogP contribution in [0.15, 0.2) is 47.5 Å². The number of amides is 2. The Balaban J connectivity index is 1.81. The summed E-state index contributed by atoms with van der Waals surface area (Å²) < 4.78 is 18.4. The highest BCUT2D eigenvalue weighted by molar-refractivity contribution is 8.15. The molecule has 0 saturated carbocycles. The van der Waals surface area contributed by atoms with Crippen molar-refractivity contribution in [2.24, 2.45) is 10.9 Å². The highest BCUT2D eigenvalue weighted by Gasteiger charge is 2.41. The van der Waals surface area contributed by atoms with Crippen molar-refractivity contribution in [3.05, 3.63) is 58.4 Å². The van der Waals surface area contributed by atoms with E-state index in [4.69, 9.17) is 4.74 Å². The number of benzene rings is 2. The van der Waals surface area contributed by atoms with Gasteiger partial charge in [0.05, 0.1) is 23.8 Å². The molecule has 0 aliphatic carbocycles. The summed E-state index contributed by atoms with van der Waals surface area (Å²) in [5.41, 5.74) is 0.200. The van der Waals surface area contributed by atoms with Crippen LogP contribution in [0.1, 0.15) is 40.0 Å². The van der Waals surface area contributed by atoms with Crippen molar-refractivity contribution in [1.29, 1.82) is 0 Å². The maximum Gasteiger partial charge on any atom is 0.296 e. The van der Waals surface area contributed by atoms with E-state index in [1.165, 1.54) is 49.6 Å². The number of aliphatic imine (C=N–C) groups is 1. The van der Waals surface area contributed by atoms with Gasteiger partial charge in [0.2, 0.25) is 11.8 Å². The second kappa shape index (κ2) is 12.0. The fourth-order valence-electron chi connectivity index (χ4n) is 3.69. The monoisotopic (exact) mass is 516 g/mol. The van der Waals surface area contributed by atoms with Gasteiger partial charge in [0, 0.05) is 12.5 Å². The SMILES string of the molecule is COc1ccc(NC(=O)C[C@@H]2SC(=Nc3ccc(F)cc3)N([C@@H](C)CCC(C)C)C2=O)c([N+](=O)[O-])c1. The van der Waals surface area contributed by atoms with E-state index in [0.29, 0.717) is 16.8 Å². The summed E-state index contributed by atoms with van der Waals surface area (Å²) in [5, 5.41) is 13.7. The van der Waals surface area contributed by atoms with E-state index in [-0.39, 0.29) is 35.5 Å². The highest BCUT2D eigenvalue weighted by atomic mass is 32.2. The van der Waals surface area contributed by atoms with Gasteiger partial charge in [-0.1, -0.05) is 25.6 Å². The maximum absolute atomic E-state index is 13.4. The van der Waals surface area contributed by atoms with Crippen molar-refractivity contribution in [3.8, 4) is 5.75 Å². The quantitative estimate of drug-likeness (QED) is 0.328. The van der Waals surface area contributed by atoms with Crippen LogP contribution in [0.2, 0.25) is 0 Å². The number of hydrogen-bond donors (Lipinski definition) is 1. The van der Waals surface area contributed by atoms with E-state index < -0.39 is 21.9 Å². The molecule has 36 heavy (non-hydrogen) atoms. The van der Waals surface area contributed by atoms with Gasteiger partial charge in [0.25, 0.3) is 5.69 Å². The molecule has 0 unspecified atom stereocenters. The number of methoxy groups -OCH3 is 1. The zero-order valence-corrected chi connectivity index (χ0v) is 21.4. The van der Waals surface area contributed by atoms with Gasteiger partial charge in [-0.3, -0.25) is 24.6 Å². The lowest BCUT2D eigenvalue weighted by atomic mass is 10.0. The van der Waals surface area contributed by atoms with Crippen LogP contribution in [-0.2, 0) is 9.59 Å². The first-order chi connectivity index (χ1) is 17.1. The molecule has 2 amide bonds. The molecule has 1 saturated heterocycles. The number of anilines is 1. The van der Waals surface area contributed by atoms with Gasteiger partial charge in [0.15, 0.2) is 5.17 Å². The Hall–Kier alpha value is -3.47. The van der Waals surface area contributed by atoms with Crippen LogP contribution in [-0.4, -0.2) is 45.2 Å². The first kappa shape index (κ1) is 27.1. The summed E-state index contributed by atoms with van der Waals surface area (Å²) in [5.74, 6) is -0.437. The lowest BCUT2D eigenvalue weighted by molar-refractivity contribution is -0.384. The first-order valence-electron chi connectivity index (χ1n) is 11.5. The normalized spacial score (nSPS) is 17.5. The van der Waals surface area contributed by atoms with Gasteiger partial charge >= 0.3 is 0 Å². The molecule has 1 N–H and O–H groups in total. The number of ether oxygens (including phenoxy) is 1. The molecule has 11 heteroatoms. The molecular formula is C25H29FN4O5S. The Kier molecular flexibility index (Phi) is 9.03. The number of nitrogens with zero attached hydrogens (tertiary/aromatic N) is 3. The number of amidine groups is 1. The van der Waals surface area contributed by atoms with Gasteiger partial charge < -0.3 is 10.1 Å². The number of carbonyl (C=O) groups is 2. The number of halogens is 1. The van der Waals surface area contributed by atoms with Crippen molar-refractivity contribution in [3.63, 3.8) is 0 Å². The second-order valence-corrected chi connectivity index (χ2v) is 10.1. The number of hydrogen-bond acceptors (Lipinski definition) is 7. The summed E-state index contributed by atoms with van der Waals surface area (Å²) in [4.78, 5) is 43.1. The minimum absolute atomic E-state index is 0.0172. The standard InChI is InChI=1S/C25H29FN4O5S/c1-15(2)5-6-16(3)29-24(32)22(36-25(29)27-18-9-7-17(26)8-10-18)14-23(31)28-20-12-11-19(35-4)13-21(20)30(33)34/h7-13,15-16,22H,5-6,14H2,1-4H3,(H,28,31)/t16-,22-/m0/s1. The predicted molar refractivity (Wildman–Crippen MR) is 138 cm³/mol. The van der Waals surface area contributed by atoms with E-state index in [1.54, 1.807) is 4.90 Å². The molecule has 3 rings (SSSR count). The molecule has 2 aromatic carbocycles. The largest absolute Gasteiger partial charge is 0.496 e. The molecule has 1 aliphatic heterocycles. The minimum atomic E-state index is -0.747. The van der Waals surface area contributed by atoms with Crippen LogP contribution >= 0.6 is 11.8 Å². The topological polar surface area (TPSA) is 114 Å². The molecule has 2 aromatic rings. The van der Waals surface area contributed by atoms with Crippen LogP contribution in [0, 0.1) is 21.8 Å². The Morgan fingerprint density at radius 2 is 1.92 bits per heavy atom. The fourth-order valence-corrected chi connectivity index (χ4v) is 4.94. The van der Waals surface area contributed by atoms with Gasteiger partial charge in [0.1, 0.15) is 22.5 Å². The number of rotatable bonds is 10. The molecule has 0 radical (unpaired) electrons. The zero-order chi connectivity index (χ0) is 26.4. The molecule has 2 atom stereocenters. The highest BCUT2D eigenvalue weighted by Crippen LogP contribution is 2.35. The molecule has 1 aliphatic rings. The smallest absolute Gasteiger partial charge is 0.296 e. The molecule has 0 aromatic heterocycles. The molecule has 1 heterocycles. The van der Waals surface area contributed by atoms with E-state index in [2.05, 4.69) is 24.2 Å². The van der Waals surface area contributed by atoms with Crippen molar-refractivity contribution in [2.75, 3.05) is 12.4 Å². The number of nitro benzene ring substituents is 1. The lowest BCUT2D eigenvalue weighted by Crippen LogP contribution is -2.40. The van der Waals surface area contributed by atoms with Crippen LogP contribution in [0.25, 0.3) is 0 Å². The van der Waals surface area contributed by atoms with Crippen molar-refractivity contribution in [1.82, 2.24) is 4.90 Å². The van der Waals surface area contributed by atoms with Crippen molar-refractivity contribution >= 4 is 45.8 Å². The summed E-state index contributed by atoms with van der Waals surface area (Å²) in [7, 11) is 1.39. The average Bonchev–Trinajstić information content (AvgIpc) is 3.13. The van der Waals surface area contributed by atoms with E-state index >= 15 is 0 Å². The Morgan fingerprint density at radius 3 is 2.53 bits per heavy atom. The fraction of sp³-hybridized carbons (Fsp3) is 0.400. The third-order valence-electron chi connectivity index (χ3n) is 5.67. The molecule has 0 bridgehead atoms. The summed E-state index contributed by atoms with van der Waals surface area (Å²) in [6.07, 6.45) is 1.47. The summed E-state index contributed by atoms with van der Waals surface area (Å²) >= 11 is 1.16. The van der Waals surface area contributed by atoms with Crippen LogP contribution in [0.4, 0.5) is 21.5 Å². The third kappa shape index (κ3) is 6.81. The van der Waals surface area contributed by atoms with Crippen LogP contribution in [0.5, 0.6) is 5.75 Å². The number of nitro groups is 1. The first-order valence-corrected chi connectivity index (χ1v) is 12.4.